The van der Waals surface area contributed by atoms with Crippen LogP contribution in [0.1, 0.15) is 42.7 Å². The van der Waals surface area contributed by atoms with Crippen LogP contribution in [0.2, 0.25) is 5.02 Å². The Hall–Kier alpha value is -3.45. The maximum atomic E-state index is 13.7. The molecule has 184 valence electrons. The van der Waals surface area contributed by atoms with E-state index in [0.29, 0.717) is 51.1 Å². The van der Waals surface area contributed by atoms with Crippen LogP contribution < -0.4 is 19.5 Å². The molecule has 35 heavy (non-hydrogen) atoms. The van der Waals surface area contributed by atoms with E-state index in [9.17, 15) is 9.59 Å². The van der Waals surface area contributed by atoms with Gasteiger partial charge in [0.05, 0.1) is 34.0 Å². The molecule has 2 atom stereocenters. The Morgan fingerprint density at radius 2 is 1.66 bits per heavy atom. The van der Waals surface area contributed by atoms with Gasteiger partial charge in [-0.3, -0.25) is 4.79 Å². The number of allylic oxidation sites excluding steroid dienone is 3. The van der Waals surface area contributed by atoms with Gasteiger partial charge in [0.25, 0.3) is 0 Å². The second-order valence-electron chi connectivity index (χ2n) is 8.49. The fourth-order valence-electron chi connectivity index (χ4n) is 5.05. The summed E-state index contributed by atoms with van der Waals surface area (Å²) in [5.41, 5.74) is 3.90. The van der Waals surface area contributed by atoms with Crippen molar-refractivity contribution in [1.29, 1.82) is 0 Å². The molecule has 0 saturated heterocycles. The Morgan fingerprint density at radius 1 is 1.00 bits per heavy atom. The summed E-state index contributed by atoms with van der Waals surface area (Å²) in [6.45, 7) is 1.81. The molecule has 0 fully saturated rings. The number of nitrogens with one attached hydrogen (secondary N) is 1. The zero-order valence-electron chi connectivity index (χ0n) is 20.4. The second-order valence-corrected chi connectivity index (χ2v) is 8.90. The highest BCUT2D eigenvalue weighted by Gasteiger charge is 2.42. The van der Waals surface area contributed by atoms with Crippen LogP contribution in [0.4, 0.5) is 0 Å². The highest BCUT2D eigenvalue weighted by Crippen LogP contribution is 2.49. The minimum Gasteiger partial charge on any atom is -0.493 e. The van der Waals surface area contributed by atoms with Crippen LogP contribution in [0.5, 0.6) is 17.2 Å². The SMILES string of the molecule is COC(=O)C1=C(C)NC2=C(C(=O)C[C@@H](c3ccccc3Cl)C2)[C@H]1c1cc(OC)c(OC)c(OC)c1. The Balaban J connectivity index is 1.89. The smallest absolute Gasteiger partial charge is 0.336 e. The van der Waals surface area contributed by atoms with Gasteiger partial charge in [0.1, 0.15) is 0 Å². The zero-order valence-corrected chi connectivity index (χ0v) is 21.1. The average Bonchev–Trinajstić information content (AvgIpc) is 2.86. The van der Waals surface area contributed by atoms with Crippen LogP contribution in [0, 0.1) is 0 Å². The molecule has 0 radical (unpaired) electrons. The van der Waals surface area contributed by atoms with Crippen molar-refractivity contribution in [2.75, 3.05) is 28.4 Å². The maximum absolute atomic E-state index is 13.7. The molecule has 0 amide bonds. The molecule has 7 nitrogen and oxygen atoms in total. The third-order valence-corrected chi connectivity index (χ3v) is 6.94. The number of hydrogen-bond donors (Lipinski definition) is 1. The van der Waals surface area contributed by atoms with Crippen molar-refractivity contribution in [1.82, 2.24) is 5.32 Å². The summed E-state index contributed by atoms with van der Waals surface area (Å²) in [5, 5.41) is 3.95. The number of halogens is 1. The summed E-state index contributed by atoms with van der Waals surface area (Å²) in [6, 6.07) is 11.1. The Kier molecular flexibility index (Phi) is 7.08. The Morgan fingerprint density at radius 3 is 2.23 bits per heavy atom. The van der Waals surface area contributed by atoms with E-state index in [1.54, 1.807) is 12.1 Å². The third-order valence-electron chi connectivity index (χ3n) is 6.60. The molecule has 0 saturated carbocycles. The first-order chi connectivity index (χ1) is 16.8. The summed E-state index contributed by atoms with van der Waals surface area (Å²) in [6.07, 6.45) is 0.857. The van der Waals surface area contributed by atoms with Crippen LogP contribution in [-0.2, 0) is 14.3 Å². The van der Waals surface area contributed by atoms with Crippen LogP contribution in [-0.4, -0.2) is 40.2 Å². The lowest BCUT2D eigenvalue weighted by Gasteiger charge is -2.37. The first-order valence-electron chi connectivity index (χ1n) is 11.2. The summed E-state index contributed by atoms with van der Waals surface area (Å²) >= 11 is 6.45. The summed E-state index contributed by atoms with van der Waals surface area (Å²) in [4.78, 5) is 26.6. The van der Waals surface area contributed by atoms with E-state index in [1.165, 1.54) is 28.4 Å². The van der Waals surface area contributed by atoms with E-state index in [4.69, 9.17) is 30.5 Å². The van der Waals surface area contributed by atoms with Crippen molar-refractivity contribution in [2.45, 2.75) is 31.6 Å². The van der Waals surface area contributed by atoms with Gasteiger partial charge in [0, 0.05) is 34.3 Å². The van der Waals surface area contributed by atoms with Gasteiger partial charge in [-0.05, 0) is 48.6 Å². The molecule has 4 rings (SSSR count). The van der Waals surface area contributed by atoms with Gasteiger partial charge >= 0.3 is 5.97 Å². The van der Waals surface area contributed by atoms with E-state index in [2.05, 4.69) is 5.32 Å². The zero-order chi connectivity index (χ0) is 25.3. The predicted octanol–water partition coefficient (Wildman–Crippen LogP) is 4.90. The molecule has 1 aliphatic carbocycles. The molecule has 0 spiro atoms. The molecule has 2 aliphatic rings. The van der Waals surface area contributed by atoms with E-state index in [-0.39, 0.29) is 18.1 Å². The van der Waals surface area contributed by atoms with Crippen molar-refractivity contribution in [2.24, 2.45) is 0 Å². The minimum absolute atomic E-state index is 0.0590. The molecule has 2 aromatic carbocycles. The lowest BCUT2D eigenvalue weighted by Crippen LogP contribution is -2.36. The number of carbonyl (C=O) groups is 2. The van der Waals surface area contributed by atoms with Gasteiger partial charge in [0.2, 0.25) is 5.75 Å². The molecular weight excluding hydrogens is 470 g/mol. The standard InChI is InChI=1S/C27H28ClNO6/c1-14-23(27(31)35-5)24(16-12-21(32-2)26(34-4)22(13-16)33-3)25-19(29-14)10-15(11-20(25)30)17-8-6-7-9-18(17)28/h6-9,12-13,15,24,29H,10-11H2,1-5H3/t15-,24-/m0/s1. The van der Waals surface area contributed by atoms with E-state index in [1.807, 2.05) is 31.2 Å². The van der Waals surface area contributed by atoms with Crippen LogP contribution >= 0.6 is 11.6 Å². The second kappa shape index (κ2) is 10.0. The van der Waals surface area contributed by atoms with Crippen LogP contribution in [0.25, 0.3) is 0 Å². The number of benzene rings is 2. The van der Waals surface area contributed by atoms with Crippen LogP contribution in [0.3, 0.4) is 0 Å². The monoisotopic (exact) mass is 497 g/mol. The van der Waals surface area contributed by atoms with Gasteiger partial charge in [-0.15, -0.1) is 0 Å². The number of carbonyl (C=O) groups excluding carboxylic acids is 2. The number of dihydropyridines is 1. The largest absolute Gasteiger partial charge is 0.493 e. The maximum Gasteiger partial charge on any atom is 0.336 e. The number of Topliss-reactive ketones (excluding diaryl/α,β-unsaturated/α-hetero) is 1. The number of esters is 1. The molecule has 1 heterocycles. The molecule has 0 aromatic heterocycles. The highest BCUT2D eigenvalue weighted by atomic mass is 35.5. The normalized spacial score (nSPS) is 19.7. The fraction of sp³-hybridized carbons (Fsp3) is 0.333. The summed E-state index contributed by atoms with van der Waals surface area (Å²) < 4.78 is 21.7. The number of methoxy groups -OCH3 is 4. The number of hydrogen-bond acceptors (Lipinski definition) is 7. The Labute approximate surface area is 209 Å². The summed E-state index contributed by atoms with van der Waals surface area (Å²) in [7, 11) is 5.90. The first-order valence-corrected chi connectivity index (χ1v) is 11.6. The number of ether oxygens (including phenoxy) is 4. The van der Waals surface area contributed by atoms with Crippen molar-refractivity contribution >= 4 is 23.4 Å². The van der Waals surface area contributed by atoms with Crippen molar-refractivity contribution < 1.29 is 28.5 Å². The molecular formula is C27H28ClNO6. The van der Waals surface area contributed by atoms with E-state index in [0.717, 1.165) is 11.3 Å². The molecule has 1 N–H and O–H groups in total. The fourth-order valence-corrected chi connectivity index (χ4v) is 5.34. The number of rotatable bonds is 6. The minimum atomic E-state index is -0.660. The lowest BCUT2D eigenvalue weighted by atomic mass is 9.71. The predicted molar refractivity (Wildman–Crippen MR) is 132 cm³/mol. The van der Waals surface area contributed by atoms with Gasteiger partial charge in [-0.25, -0.2) is 4.79 Å². The lowest BCUT2D eigenvalue weighted by molar-refractivity contribution is -0.136. The van der Waals surface area contributed by atoms with E-state index >= 15 is 0 Å². The molecule has 8 heteroatoms. The number of ketones is 1. The summed E-state index contributed by atoms with van der Waals surface area (Å²) in [5.74, 6) is -0.0144. The molecule has 0 unspecified atom stereocenters. The van der Waals surface area contributed by atoms with Crippen molar-refractivity contribution in [3.8, 4) is 17.2 Å². The van der Waals surface area contributed by atoms with Gasteiger partial charge < -0.3 is 24.3 Å². The molecule has 1 aliphatic heterocycles. The van der Waals surface area contributed by atoms with Crippen molar-refractivity contribution in [3.05, 3.63) is 75.1 Å². The van der Waals surface area contributed by atoms with E-state index < -0.39 is 11.9 Å². The van der Waals surface area contributed by atoms with Gasteiger partial charge in [-0.2, -0.15) is 0 Å². The molecule has 0 bridgehead atoms. The third kappa shape index (κ3) is 4.36. The van der Waals surface area contributed by atoms with Gasteiger partial charge in [0.15, 0.2) is 17.3 Å². The topological polar surface area (TPSA) is 83.1 Å². The average molecular weight is 498 g/mol. The highest BCUT2D eigenvalue weighted by molar-refractivity contribution is 6.31. The molecule has 2 aromatic rings. The first kappa shape index (κ1) is 24.7. The Bertz CT molecular complexity index is 1220. The van der Waals surface area contributed by atoms with Crippen molar-refractivity contribution in [3.63, 3.8) is 0 Å². The quantitative estimate of drug-likeness (QED) is 0.568. The van der Waals surface area contributed by atoms with Crippen LogP contribution in [0.15, 0.2) is 58.9 Å². The van der Waals surface area contributed by atoms with Gasteiger partial charge in [-0.1, -0.05) is 29.8 Å².